The molecule has 1 fully saturated rings. The molecule has 1 rings (SSSR count). The maximum absolute atomic E-state index is 11.3. The number of carbonyl (C=O) groups excluding carboxylic acids is 2. The minimum absolute atomic E-state index is 0.128. The van der Waals surface area contributed by atoms with Crippen molar-refractivity contribution >= 4 is 11.8 Å². The maximum Gasteiger partial charge on any atom is 0.229 e. The van der Waals surface area contributed by atoms with Gasteiger partial charge in [-0.15, -0.1) is 0 Å². The quantitative estimate of drug-likeness (QED) is 0.707. The van der Waals surface area contributed by atoms with Crippen molar-refractivity contribution in [1.82, 2.24) is 4.90 Å². The Balaban J connectivity index is 2.59. The third-order valence-corrected chi connectivity index (χ3v) is 2.50. The molecule has 0 bridgehead atoms. The summed E-state index contributed by atoms with van der Waals surface area (Å²) >= 11 is 0. The van der Waals surface area contributed by atoms with Crippen LogP contribution in [0.2, 0.25) is 0 Å². The van der Waals surface area contributed by atoms with Gasteiger partial charge in [0.15, 0.2) is 0 Å². The lowest BCUT2D eigenvalue weighted by Gasteiger charge is -2.29. The Kier molecular flexibility index (Phi) is 3.50. The molecular weight excluding hydrogens is 194 g/mol. The summed E-state index contributed by atoms with van der Waals surface area (Å²) < 4.78 is 0. The van der Waals surface area contributed by atoms with Gasteiger partial charge in [-0.3, -0.25) is 14.5 Å². The Labute approximate surface area is 90.3 Å². The Morgan fingerprint density at radius 3 is 2.20 bits per heavy atom. The minimum atomic E-state index is -0.968. The van der Waals surface area contributed by atoms with Crippen molar-refractivity contribution in [2.24, 2.45) is 5.92 Å². The molecule has 0 aromatic rings. The van der Waals surface area contributed by atoms with Gasteiger partial charge in [0.05, 0.1) is 12.1 Å². The van der Waals surface area contributed by atoms with Crippen LogP contribution >= 0.6 is 0 Å². The van der Waals surface area contributed by atoms with Crippen LogP contribution in [-0.2, 0) is 9.59 Å². The van der Waals surface area contributed by atoms with Gasteiger partial charge in [-0.1, -0.05) is 13.8 Å². The van der Waals surface area contributed by atoms with Gasteiger partial charge in [0, 0.05) is 12.8 Å². The first-order valence-corrected chi connectivity index (χ1v) is 5.37. The molecule has 2 amide bonds. The number of nitrogens with zero attached hydrogens (tertiary/aromatic N) is 1. The van der Waals surface area contributed by atoms with Gasteiger partial charge >= 0.3 is 0 Å². The van der Waals surface area contributed by atoms with E-state index in [1.165, 1.54) is 4.90 Å². The van der Waals surface area contributed by atoms with Gasteiger partial charge in [0.25, 0.3) is 0 Å². The summed E-state index contributed by atoms with van der Waals surface area (Å²) in [6, 6.07) is 0. The lowest BCUT2D eigenvalue weighted by atomic mass is 9.94. The van der Waals surface area contributed by atoms with Gasteiger partial charge in [-0.25, -0.2) is 0 Å². The number of carbonyl (C=O) groups is 2. The Bertz CT molecular complexity index is 255. The predicted octanol–water partition coefficient (Wildman–Crippen LogP) is 0.932. The number of rotatable bonds is 4. The third-order valence-electron chi connectivity index (χ3n) is 2.50. The predicted molar refractivity (Wildman–Crippen MR) is 56.0 cm³/mol. The number of aliphatic hydroxyl groups is 1. The molecular formula is C11H19NO3. The highest BCUT2D eigenvalue weighted by molar-refractivity contribution is 6.01. The average Bonchev–Trinajstić information content (AvgIpc) is 2.33. The van der Waals surface area contributed by atoms with E-state index in [0.717, 1.165) is 0 Å². The first kappa shape index (κ1) is 12.2. The summed E-state index contributed by atoms with van der Waals surface area (Å²) in [5.41, 5.74) is -0.968. The molecule has 86 valence electrons. The lowest BCUT2D eigenvalue weighted by Crippen LogP contribution is -2.44. The van der Waals surface area contributed by atoms with Crippen molar-refractivity contribution in [2.45, 2.75) is 45.6 Å². The van der Waals surface area contributed by atoms with Crippen molar-refractivity contribution in [3.63, 3.8) is 0 Å². The van der Waals surface area contributed by atoms with Crippen LogP contribution in [0.5, 0.6) is 0 Å². The number of likely N-dealkylation sites (tertiary alicyclic amines) is 1. The molecule has 1 unspecified atom stereocenters. The van der Waals surface area contributed by atoms with Gasteiger partial charge in [0.1, 0.15) is 0 Å². The second kappa shape index (κ2) is 4.31. The standard InChI is InChI=1S/C11H19NO3/c1-8(2)6-11(3,15)7-12-9(13)4-5-10(12)14/h8,15H,4-7H2,1-3H3. The molecule has 0 aromatic heterocycles. The molecule has 0 saturated carbocycles. The van der Waals surface area contributed by atoms with Gasteiger partial charge in [-0.2, -0.15) is 0 Å². The summed E-state index contributed by atoms with van der Waals surface area (Å²) in [6.07, 6.45) is 1.16. The van der Waals surface area contributed by atoms with Crippen LogP contribution in [0, 0.1) is 5.92 Å². The summed E-state index contributed by atoms with van der Waals surface area (Å²) in [4.78, 5) is 23.9. The molecule has 1 aliphatic rings. The minimum Gasteiger partial charge on any atom is -0.388 e. The Morgan fingerprint density at radius 1 is 1.33 bits per heavy atom. The van der Waals surface area contributed by atoms with Crippen LogP contribution in [0.3, 0.4) is 0 Å². The molecule has 1 aliphatic heterocycles. The lowest BCUT2D eigenvalue weighted by molar-refractivity contribution is -0.142. The van der Waals surface area contributed by atoms with E-state index < -0.39 is 5.60 Å². The van der Waals surface area contributed by atoms with Crippen molar-refractivity contribution in [2.75, 3.05) is 6.54 Å². The molecule has 4 heteroatoms. The third kappa shape index (κ3) is 3.30. The number of hydrogen-bond donors (Lipinski definition) is 1. The van der Waals surface area contributed by atoms with Crippen LogP contribution in [0.15, 0.2) is 0 Å². The zero-order chi connectivity index (χ0) is 11.6. The van der Waals surface area contributed by atoms with E-state index in [1.54, 1.807) is 6.92 Å². The summed E-state index contributed by atoms with van der Waals surface area (Å²) in [5.74, 6) is 0.0147. The molecule has 1 atom stereocenters. The maximum atomic E-state index is 11.3. The SMILES string of the molecule is CC(C)CC(C)(O)CN1C(=O)CCC1=O. The molecule has 1 N–H and O–H groups in total. The highest BCUT2D eigenvalue weighted by atomic mass is 16.3. The Hall–Kier alpha value is -0.900. The van der Waals surface area contributed by atoms with Crippen molar-refractivity contribution < 1.29 is 14.7 Å². The fraction of sp³-hybridized carbons (Fsp3) is 0.818. The summed E-state index contributed by atoms with van der Waals surface area (Å²) in [5, 5.41) is 10.0. The fourth-order valence-electron chi connectivity index (χ4n) is 2.08. The zero-order valence-electron chi connectivity index (χ0n) is 9.62. The van der Waals surface area contributed by atoms with Crippen LogP contribution in [0.1, 0.15) is 40.0 Å². The van der Waals surface area contributed by atoms with E-state index in [9.17, 15) is 14.7 Å². The summed E-state index contributed by atoms with van der Waals surface area (Å²) in [7, 11) is 0. The topological polar surface area (TPSA) is 57.6 Å². The normalized spacial score (nSPS) is 21.3. The highest BCUT2D eigenvalue weighted by Gasteiger charge is 2.34. The number of hydrogen-bond acceptors (Lipinski definition) is 3. The molecule has 0 radical (unpaired) electrons. The fourth-order valence-corrected chi connectivity index (χ4v) is 2.08. The van der Waals surface area contributed by atoms with Crippen LogP contribution in [0.4, 0.5) is 0 Å². The van der Waals surface area contributed by atoms with E-state index in [4.69, 9.17) is 0 Å². The van der Waals surface area contributed by atoms with Gasteiger partial charge in [-0.05, 0) is 19.3 Å². The summed E-state index contributed by atoms with van der Waals surface area (Å²) in [6.45, 7) is 5.80. The van der Waals surface area contributed by atoms with E-state index in [1.807, 2.05) is 13.8 Å². The largest absolute Gasteiger partial charge is 0.388 e. The smallest absolute Gasteiger partial charge is 0.229 e. The number of imide groups is 1. The highest BCUT2D eigenvalue weighted by Crippen LogP contribution is 2.21. The monoisotopic (exact) mass is 213 g/mol. The molecule has 1 heterocycles. The van der Waals surface area contributed by atoms with E-state index in [-0.39, 0.29) is 31.2 Å². The zero-order valence-corrected chi connectivity index (χ0v) is 9.62. The second-order valence-corrected chi connectivity index (χ2v) is 4.97. The molecule has 15 heavy (non-hydrogen) atoms. The van der Waals surface area contributed by atoms with Crippen LogP contribution < -0.4 is 0 Å². The molecule has 0 aromatic carbocycles. The van der Waals surface area contributed by atoms with Crippen molar-refractivity contribution in [1.29, 1.82) is 0 Å². The van der Waals surface area contributed by atoms with E-state index >= 15 is 0 Å². The molecule has 0 aliphatic carbocycles. The number of β-amino-alcohol motifs (C(OH)–C–C–N with tert-alkyl or cyclic N) is 1. The van der Waals surface area contributed by atoms with Gasteiger partial charge in [0.2, 0.25) is 11.8 Å². The van der Waals surface area contributed by atoms with Crippen molar-refractivity contribution in [3.8, 4) is 0 Å². The molecule has 0 spiro atoms. The van der Waals surface area contributed by atoms with Gasteiger partial charge < -0.3 is 5.11 Å². The van der Waals surface area contributed by atoms with E-state index in [0.29, 0.717) is 12.3 Å². The molecule has 4 nitrogen and oxygen atoms in total. The van der Waals surface area contributed by atoms with E-state index in [2.05, 4.69) is 0 Å². The first-order chi connectivity index (χ1) is 6.82. The van der Waals surface area contributed by atoms with Crippen molar-refractivity contribution in [3.05, 3.63) is 0 Å². The first-order valence-electron chi connectivity index (χ1n) is 5.37. The molecule has 1 saturated heterocycles. The average molecular weight is 213 g/mol. The Morgan fingerprint density at radius 2 is 1.80 bits per heavy atom. The second-order valence-electron chi connectivity index (χ2n) is 4.97. The van der Waals surface area contributed by atoms with Crippen LogP contribution in [-0.4, -0.2) is 34.0 Å². The van der Waals surface area contributed by atoms with Crippen LogP contribution in [0.25, 0.3) is 0 Å². The number of amides is 2.